The minimum atomic E-state index is -0.495. The summed E-state index contributed by atoms with van der Waals surface area (Å²) in [4.78, 5) is 21.9. The van der Waals surface area contributed by atoms with Gasteiger partial charge in [0.15, 0.2) is 5.65 Å². The number of aryl methyl sites for hydroxylation is 1. The fourth-order valence-corrected chi connectivity index (χ4v) is 3.02. The highest BCUT2D eigenvalue weighted by atomic mass is 16.5. The van der Waals surface area contributed by atoms with Crippen molar-refractivity contribution in [2.45, 2.75) is 13.8 Å². The molecule has 0 radical (unpaired) electrons. The first-order chi connectivity index (χ1) is 12.6. The number of carbonyl (C=O) groups excluding carboxylic acids is 1. The van der Waals surface area contributed by atoms with E-state index in [1.54, 1.807) is 11.5 Å². The molecule has 6 heteroatoms. The van der Waals surface area contributed by atoms with E-state index in [1.807, 2.05) is 55.5 Å². The number of para-hydroxylation sites is 2. The third-order valence-electron chi connectivity index (χ3n) is 4.27. The molecule has 0 spiro atoms. The molecule has 4 aromatic rings. The summed E-state index contributed by atoms with van der Waals surface area (Å²) in [7, 11) is 0. The van der Waals surface area contributed by atoms with Gasteiger partial charge in [-0.05, 0) is 38.1 Å². The van der Waals surface area contributed by atoms with Crippen LogP contribution < -0.4 is 5.73 Å². The summed E-state index contributed by atoms with van der Waals surface area (Å²) >= 11 is 0. The number of aromatic nitrogens is 3. The molecule has 0 aliphatic rings. The lowest BCUT2D eigenvalue weighted by atomic mass is 10.2. The summed E-state index contributed by atoms with van der Waals surface area (Å²) < 4.78 is 6.95. The Balaban J connectivity index is 2.09. The number of nitrogens with two attached hydrogens (primary N) is 1. The molecule has 2 aromatic carbocycles. The number of esters is 1. The van der Waals surface area contributed by atoms with Crippen molar-refractivity contribution in [1.29, 1.82) is 0 Å². The first-order valence-electron chi connectivity index (χ1n) is 8.41. The average Bonchev–Trinajstić information content (AvgIpc) is 2.92. The molecule has 0 atom stereocenters. The Morgan fingerprint density at radius 3 is 2.38 bits per heavy atom. The highest BCUT2D eigenvalue weighted by molar-refractivity contribution is 6.09. The number of hydrogen-bond acceptors (Lipinski definition) is 5. The normalized spacial score (nSPS) is 11.2. The molecule has 2 aromatic heterocycles. The molecule has 0 unspecified atom stereocenters. The fourth-order valence-electron chi connectivity index (χ4n) is 3.02. The van der Waals surface area contributed by atoms with Gasteiger partial charge in [-0.1, -0.05) is 29.8 Å². The second kappa shape index (κ2) is 6.15. The Morgan fingerprint density at radius 1 is 1.08 bits per heavy atom. The smallest absolute Gasteiger partial charge is 0.344 e. The van der Waals surface area contributed by atoms with Gasteiger partial charge in [0.2, 0.25) is 0 Å². The number of nitrogens with zero attached hydrogens (tertiary/aromatic N) is 3. The monoisotopic (exact) mass is 346 g/mol. The maximum atomic E-state index is 12.5. The minimum absolute atomic E-state index is 0.251. The topological polar surface area (TPSA) is 83.0 Å². The number of ether oxygens (including phenoxy) is 1. The molecule has 0 saturated carbocycles. The molecule has 0 fully saturated rings. The second-order valence-corrected chi connectivity index (χ2v) is 6.04. The van der Waals surface area contributed by atoms with Gasteiger partial charge in [0.25, 0.3) is 0 Å². The summed E-state index contributed by atoms with van der Waals surface area (Å²) in [5, 5.41) is 0. The van der Waals surface area contributed by atoms with E-state index < -0.39 is 5.97 Å². The number of anilines is 1. The van der Waals surface area contributed by atoms with Gasteiger partial charge < -0.3 is 10.5 Å². The molecule has 6 nitrogen and oxygen atoms in total. The standard InChI is InChI=1S/C20H18N4O2/c1-3-26-20(25)16-17-19(23-15-7-5-4-6-14(15)22-17)24(18(16)21)13-10-8-12(2)9-11-13/h4-11H,3,21H2,1-2H3. The SMILES string of the molecule is CCOC(=O)c1c(N)n(-c2ccc(C)cc2)c2nc3ccccc3nc12. The molecule has 0 aliphatic carbocycles. The highest BCUT2D eigenvalue weighted by Gasteiger charge is 2.25. The molecular weight excluding hydrogens is 328 g/mol. The van der Waals surface area contributed by atoms with Crippen molar-refractivity contribution in [2.75, 3.05) is 12.3 Å². The van der Waals surface area contributed by atoms with Gasteiger partial charge in [0, 0.05) is 5.69 Å². The van der Waals surface area contributed by atoms with Crippen LogP contribution >= 0.6 is 0 Å². The summed E-state index contributed by atoms with van der Waals surface area (Å²) in [6, 6.07) is 15.4. The first-order valence-corrected chi connectivity index (χ1v) is 8.41. The molecule has 0 bridgehead atoms. The second-order valence-electron chi connectivity index (χ2n) is 6.04. The van der Waals surface area contributed by atoms with Gasteiger partial charge in [-0.25, -0.2) is 14.8 Å². The molecule has 0 aliphatic heterocycles. The largest absolute Gasteiger partial charge is 0.462 e. The molecular formula is C20H18N4O2. The summed E-state index contributed by atoms with van der Waals surface area (Å²) in [6.45, 7) is 4.03. The van der Waals surface area contributed by atoms with Crippen molar-refractivity contribution in [1.82, 2.24) is 14.5 Å². The van der Waals surface area contributed by atoms with Crippen LogP contribution in [0.4, 0.5) is 5.82 Å². The molecule has 0 amide bonds. The van der Waals surface area contributed by atoms with E-state index in [0.29, 0.717) is 16.7 Å². The van der Waals surface area contributed by atoms with Crippen molar-refractivity contribution < 1.29 is 9.53 Å². The number of benzene rings is 2. The zero-order chi connectivity index (χ0) is 18.3. The summed E-state index contributed by atoms with van der Waals surface area (Å²) in [5.74, 6) is -0.219. The zero-order valence-electron chi connectivity index (χ0n) is 14.6. The highest BCUT2D eigenvalue weighted by Crippen LogP contribution is 2.31. The van der Waals surface area contributed by atoms with Crippen LogP contribution in [-0.2, 0) is 4.74 Å². The Labute approximate surface area is 150 Å². The predicted molar refractivity (Wildman–Crippen MR) is 101 cm³/mol. The van der Waals surface area contributed by atoms with E-state index in [1.165, 1.54) is 0 Å². The number of hydrogen-bond donors (Lipinski definition) is 1. The van der Waals surface area contributed by atoms with Gasteiger partial charge in [-0.2, -0.15) is 0 Å². The zero-order valence-corrected chi connectivity index (χ0v) is 14.6. The van der Waals surface area contributed by atoms with E-state index in [-0.39, 0.29) is 18.0 Å². The Morgan fingerprint density at radius 2 is 1.73 bits per heavy atom. The van der Waals surface area contributed by atoms with Gasteiger partial charge in [0.1, 0.15) is 16.9 Å². The molecule has 2 N–H and O–H groups in total. The van der Waals surface area contributed by atoms with Gasteiger partial charge >= 0.3 is 5.97 Å². The van der Waals surface area contributed by atoms with Crippen molar-refractivity contribution >= 4 is 34.0 Å². The predicted octanol–water partition coefficient (Wildman–Crippen LogP) is 3.64. The van der Waals surface area contributed by atoms with E-state index in [2.05, 4.69) is 4.98 Å². The number of nitrogen functional groups attached to an aromatic ring is 1. The van der Waals surface area contributed by atoms with Gasteiger partial charge in [0.05, 0.1) is 17.6 Å². The third-order valence-corrected chi connectivity index (χ3v) is 4.27. The maximum absolute atomic E-state index is 12.5. The van der Waals surface area contributed by atoms with Crippen molar-refractivity contribution in [3.63, 3.8) is 0 Å². The minimum Gasteiger partial charge on any atom is -0.462 e. The lowest BCUT2D eigenvalue weighted by molar-refractivity contribution is 0.0529. The van der Waals surface area contributed by atoms with Crippen LogP contribution in [0, 0.1) is 6.92 Å². The van der Waals surface area contributed by atoms with Crippen LogP contribution in [-0.4, -0.2) is 27.1 Å². The van der Waals surface area contributed by atoms with Crippen molar-refractivity contribution in [3.05, 3.63) is 59.7 Å². The fraction of sp³-hybridized carbons (Fsp3) is 0.150. The van der Waals surface area contributed by atoms with E-state index in [9.17, 15) is 4.79 Å². The van der Waals surface area contributed by atoms with Crippen molar-refractivity contribution in [2.24, 2.45) is 0 Å². The van der Waals surface area contributed by atoms with Crippen LogP contribution in [0.2, 0.25) is 0 Å². The maximum Gasteiger partial charge on any atom is 0.344 e. The van der Waals surface area contributed by atoms with Crippen LogP contribution in [0.25, 0.3) is 27.9 Å². The Bertz CT molecular complexity index is 1130. The van der Waals surface area contributed by atoms with Gasteiger partial charge in [-0.3, -0.25) is 4.57 Å². The van der Waals surface area contributed by atoms with Crippen LogP contribution in [0.1, 0.15) is 22.8 Å². The number of fused-ring (bicyclic) bond motifs is 2. The first kappa shape index (κ1) is 16.1. The molecule has 130 valence electrons. The lowest BCUT2D eigenvalue weighted by Crippen LogP contribution is -2.09. The molecule has 0 saturated heterocycles. The van der Waals surface area contributed by atoms with Crippen molar-refractivity contribution in [3.8, 4) is 5.69 Å². The number of carbonyl (C=O) groups is 1. The number of rotatable bonds is 3. The lowest BCUT2D eigenvalue weighted by Gasteiger charge is -2.08. The third kappa shape index (κ3) is 2.47. The van der Waals surface area contributed by atoms with E-state index in [4.69, 9.17) is 15.5 Å². The van der Waals surface area contributed by atoms with E-state index in [0.717, 1.165) is 16.8 Å². The Kier molecular flexibility index (Phi) is 3.80. The molecule has 2 heterocycles. The Hall–Kier alpha value is -3.41. The molecule has 4 rings (SSSR count). The summed E-state index contributed by atoms with van der Waals surface area (Å²) in [6.07, 6.45) is 0. The van der Waals surface area contributed by atoms with Crippen LogP contribution in [0.3, 0.4) is 0 Å². The molecule has 26 heavy (non-hydrogen) atoms. The average molecular weight is 346 g/mol. The van der Waals surface area contributed by atoms with E-state index >= 15 is 0 Å². The van der Waals surface area contributed by atoms with Gasteiger partial charge in [-0.15, -0.1) is 0 Å². The van der Waals surface area contributed by atoms with Crippen LogP contribution in [0.15, 0.2) is 48.5 Å². The summed E-state index contributed by atoms with van der Waals surface area (Å²) in [5.41, 5.74) is 11.0. The van der Waals surface area contributed by atoms with Crippen LogP contribution in [0.5, 0.6) is 0 Å². The quantitative estimate of drug-likeness (QED) is 0.573.